The van der Waals surface area contributed by atoms with Crippen molar-refractivity contribution in [3.8, 4) is 0 Å². The smallest absolute Gasteiger partial charge is 0.144 e. The highest BCUT2D eigenvalue weighted by Gasteiger charge is 2.16. The maximum atomic E-state index is 12.6. The molecule has 0 aliphatic carbocycles. The molecule has 0 radical (unpaired) electrons. The van der Waals surface area contributed by atoms with E-state index >= 15 is 0 Å². The molecule has 0 spiro atoms. The Kier molecular flexibility index (Phi) is 2.84. The van der Waals surface area contributed by atoms with Crippen LogP contribution in [0, 0.1) is 5.82 Å². The van der Waals surface area contributed by atoms with Gasteiger partial charge < -0.3 is 4.79 Å². The van der Waals surface area contributed by atoms with Crippen LogP contribution in [-0.4, -0.2) is 17.1 Å². The molecule has 0 aliphatic rings. The van der Waals surface area contributed by atoms with Crippen LogP contribution in [0.4, 0.5) is 4.39 Å². The Morgan fingerprint density at radius 1 is 1.62 bits per heavy atom. The minimum Gasteiger partial charge on any atom is -0.302 e. The molecule has 1 heterocycles. The fourth-order valence-corrected chi connectivity index (χ4v) is 1.01. The lowest BCUT2D eigenvalue weighted by Crippen LogP contribution is -2.10. The topological polar surface area (TPSA) is 47.0 Å². The third-order valence-corrected chi connectivity index (χ3v) is 1.66. The number of pyridine rings is 1. The van der Waals surface area contributed by atoms with Gasteiger partial charge in [-0.2, -0.15) is 0 Å². The fourth-order valence-electron chi connectivity index (χ4n) is 1.01. The summed E-state index contributed by atoms with van der Waals surface area (Å²) in [6.45, 7) is 1.28. The Balaban J connectivity index is 3.04. The van der Waals surface area contributed by atoms with Gasteiger partial charge in [0.15, 0.2) is 0 Å². The fraction of sp³-hybridized carbons (Fsp3) is 0.222. The van der Waals surface area contributed by atoms with Crippen molar-refractivity contribution in [2.45, 2.75) is 12.8 Å². The van der Waals surface area contributed by atoms with E-state index < -0.39 is 11.7 Å². The zero-order valence-corrected chi connectivity index (χ0v) is 7.03. The Bertz CT molecular complexity index is 338. The van der Waals surface area contributed by atoms with Crippen LogP contribution in [0.3, 0.4) is 0 Å². The van der Waals surface area contributed by atoms with Crippen molar-refractivity contribution in [1.82, 2.24) is 4.98 Å². The number of carbonyl (C=O) groups is 2. The van der Waals surface area contributed by atoms with Crippen molar-refractivity contribution in [3.63, 3.8) is 0 Å². The Morgan fingerprint density at radius 3 is 2.77 bits per heavy atom. The molecular weight excluding hydrogens is 173 g/mol. The average Bonchev–Trinajstić information content (AvgIpc) is 2.04. The molecule has 0 saturated heterocycles. The lowest BCUT2D eigenvalue weighted by molar-refractivity contribution is -0.122. The van der Waals surface area contributed by atoms with E-state index in [0.29, 0.717) is 11.8 Å². The van der Waals surface area contributed by atoms with Crippen molar-refractivity contribution in [3.05, 3.63) is 29.8 Å². The van der Waals surface area contributed by atoms with E-state index in [4.69, 9.17) is 0 Å². The number of nitrogens with zero attached hydrogens (tertiary/aromatic N) is 1. The average molecular weight is 181 g/mol. The number of Topliss-reactive ketones (excluding diaryl/α,β-unsaturated/α-hetero) is 1. The predicted molar refractivity (Wildman–Crippen MR) is 43.7 cm³/mol. The molecule has 0 fully saturated rings. The molecular formula is C9H8FNO2. The van der Waals surface area contributed by atoms with Crippen molar-refractivity contribution in [2.75, 3.05) is 0 Å². The number of ketones is 1. The number of aldehydes is 1. The number of hydrogen-bond donors (Lipinski definition) is 0. The molecule has 0 saturated carbocycles. The summed E-state index contributed by atoms with van der Waals surface area (Å²) in [6.07, 6.45) is 2.81. The standard InChI is InChI=1S/C9H8FNO2/c1-6(13)9(5-12)7-2-8(10)4-11-3-7/h2-5,9H,1H3. The third-order valence-electron chi connectivity index (χ3n) is 1.66. The number of hydrogen-bond acceptors (Lipinski definition) is 3. The quantitative estimate of drug-likeness (QED) is 0.518. The monoisotopic (exact) mass is 181 g/mol. The molecule has 1 rings (SSSR count). The van der Waals surface area contributed by atoms with Gasteiger partial charge in [-0.15, -0.1) is 0 Å². The van der Waals surface area contributed by atoms with Crippen LogP contribution >= 0.6 is 0 Å². The molecule has 3 nitrogen and oxygen atoms in total. The summed E-state index contributed by atoms with van der Waals surface area (Å²) in [6, 6.07) is 1.13. The molecule has 4 heteroatoms. The van der Waals surface area contributed by atoms with Gasteiger partial charge in [0.25, 0.3) is 0 Å². The minimum atomic E-state index is -0.900. The SMILES string of the molecule is CC(=O)C(C=O)c1cncc(F)c1. The Hall–Kier alpha value is -1.58. The van der Waals surface area contributed by atoms with Gasteiger partial charge in [-0.1, -0.05) is 0 Å². The molecule has 13 heavy (non-hydrogen) atoms. The third kappa shape index (κ3) is 2.18. The maximum Gasteiger partial charge on any atom is 0.144 e. The minimum absolute atomic E-state index is 0.294. The Labute approximate surface area is 74.6 Å². The van der Waals surface area contributed by atoms with Crippen molar-refractivity contribution in [1.29, 1.82) is 0 Å². The van der Waals surface area contributed by atoms with Crippen LogP contribution in [0.2, 0.25) is 0 Å². The summed E-state index contributed by atoms with van der Waals surface area (Å²) >= 11 is 0. The molecule has 1 aromatic rings. The van der Waals surface area contributed by atoms with Gasteiger partial charge in [0.2, 0.25) is 0 Å². The van der Waals surface area contributed by atoms with E-state index in [0.717, 1.165) is 12.3 Å². The molecule has 1 atom stereocenters. The number of rotatable bonds is 3. The summed E-state index contributed by atoms with van der Waals surface area (Å²) in [5, 5.41) is 0. The zero-order chi connectivity index (χ0) is 9.84. The molecule has 0 aliphatic heterocycles. The van der Waals surface area contributed by atoms with Gasteiger partial charge >= 0.3 is 0 Å². The van der Waals surface area contributed by atoms with E-state index in [1.165, 1.54) is 13.1 Å². The summed E-state index contributed by atoms with van der Waals surface area (Å²) in [5.41, 5.74) is 0.294. The predicted octanol–water partition coefficient (Wildman–Crippen LogP) is 1.09. The summed E-state index contributed by atoms with van der Waals surface area (Å²) < 4.78 is 12.6. The van der Waals surface area contributed by atoms with Gasteiger partial charge in [-0.25, -0.2) is 4.39 Å². The van der Waals surface area contributed by atoms with Crippen LogP contribution in [-0.2, 0) is 9.59 Å². The lowest BCUT2D eigenvalue weighted by atomic mass is 9.99. The zero-order valence-electron chi connectivity index (χ0n) is 7.03. The number of aromatic nitrogens is 1. The summed E-state index contributed by atoms with van der Waals surface area (Å²) in [5.74, 6) is -1.77. The largest absolute Gasteiger partial charge is 0.302 e. The highest BCUT2D eigenvalue weighted by Crippen LogP contribution is 2.13. The molecule has 0 amide bonds. The first-order valence-electron chi connectivity index (χ1n) is 3.71. The van der Waals surface area contributed by atoms with Crippen LogP contribution < -0.4 is 0 Å². The first kappa shape index (κ1) is 9.51. The van der Waals surface area contributed by atoms with Crippen LogP contribution in [0.15, 0.2) is 18.5 Å². The number of carbonyl (C=O) groups excluding carboxylic acids is 2. The van der Waals surface area contributed by atoms with Gasteiger partial charge in [0.1, 0.15) is 17.9 Å². The van der Waals surface area contributed by atoms with Crippen LogP contribution in [0.25, 0.3) is 0 Å². The van der Waals surface area contributed by atoms with Crippen LogP contribution in [0.1, 0.15) is 18.4 Å². The van der Waals surface area contributed by atoms with Crippen LogP contribution in [0.5, 0.6) is 0 Å². The number of halogens is 1. The van der Waals surface area contributed by atoms with E-state index in [2.05, 4.69) is 4.98 Å². The maximum absolute atomic E-state index is 12.6. The Morgan fingerprint density at radius 2 is 2.31 bits per heavy atom. The summed E-state index contributed by atoms with van der Waals surface area (Å²) in [7, 11) is 0. The molecule has 1 unspecified atom stereocenters. The van der Waals surface area contributed by atoms with Gasteiger partial charge in [0.05, 0.1) is 12.1 Å². The highest BCUT2D eigenvalue weighted by molar-refractivity contribution is 5.97. The van der Waals surface area contributed by atoms with E-state index in [1.54, 1.807) is 0 Å². The molecule has 1 aromatic heterocycles. The van der Waals surface area contributed by atoms with E-state index in [1.807, 2.05) is 0 Å². The van der Waals surface area contributed by atoms with E-state index in [-0.39, 0.29) is 5.78 Å². The second-order valence-corrected chi connectivity index (χ2v) is 2.66. The summed E-state index contributed by atoms with van der Waals surface area (Å²) in [4.78, 5) is 24.9. The molecule has 0 aromatic carbocycles. The molecule has 68 valence electrons. The lowest BCUT2D eigenvalue weighted by Gasteiger charge is -2.04. The first-order valence-corrected chi connectivity index (χ1v) is 3.71. The van der Waals surface area contributed by atoms with Crippen molar-refractivity contribution < 1.29 is 14.0 Å². The van der Waals surface area contributed by atoms with E-state index in [9.17, 15) is 14.0 Å². The molecule has 0 N–H and O–H groups in total. The van der Waals surface area contributed by atoms with Gasteiger partial charge in [0, 0.05) is 6.20 Å². The second kappa shape index (κ2) is 3.89. The highest BCUT2D eigenvalue weighted by atomic mass is 19.1. The second-order valence-electron chi connectivity index (χ2n) is 2.66. The van der Waals surface area contributed by atoms with Crippen molar-refractivity contribution >= 4 is 12.1 Å². The first-order chi connectivity index (χ1) is 6.15. The van der Waals surface area contributed by atoms with Gasteiger partial charge in [-0.3, -0.25) is 9.78 Å². The normalized spacial score (nSPS) is 12.2. The van der Waals surface area contributed by atoms with Gasteiger partial charge in [-0.05, 0) is 18.6 Å². The van der Waals surface area contributed by atoms with Crippen molar-refractivity contribution in [2.24, 2.45) is 0 Å². The molecule has 0 bridgehead atoms.